The molecule has 0 bridgehead atoms. The van der Waals surface area contributed by atoms with Gasteiger partial charge in [-0.2, -0.15) is 15.0 Å². The molecule has 1 heterocycles. The third kappa shape index (κ3) is 3.55. The van der Waals surface area contributed by atoms with Crippen LogP contribution >= 0.6 is 15.9 Å². The number of nitrogens with two attached hydrogens (primary N) is 1. The summed E-state index contributed by atoms with van der Waals surface area (Å²) in [6.07, 6.45) is 0. The average Bonchev–Trinajstić information content (AvgIpc) is 2.43. The Morgan fingerprint density at radius 3 is 2.65 bits per heavy atom. The molecule has 0 fully saturated rings. The first-order valence-electron chi connectivity index (χ1n) is 6.01. The van der Waals surface area contributed by atoms with Gasteiger partial charge in [-0.15, -0.1) is 0 Å². The second-order valence-corrected chi connectivity index (χ2v) is 4.79. The Hall–Kier alpha value is -1.93. The summed E-state index contributed by atoms with van der Waals surface area (Å²) in [5.41, 5.74) is 4.37. The number of aromatic nitrogens is 3. The quantitative estimate of drug-likeness (QED) is 0.568. The van der Waals surface area contributed by atoms with Crippen LogP contribution in [0.2, 0.25) is 0 Å². The van der Waals surface area contributed by atoms with Crippen LogP contribution in [0.15, 0.2) is 22.7 Å². The highest BCUT2D eigenvalue weighted by Crippen LogP contribution is 2.23. The van der Waals surface area contributed by atoms with Crippen molar-refractivity contribution in [1.29, 1.82) is 0 Å². The molecule has 0 saturated carbocycles. The smallest absolute Gasteiger partial charge is 0.323 e. The maximum Gasteiger partial charge on any atom is 0.323 e. The molecule has 0 radical (unpaired) electrons. The number of ether oxygens (including phenoxy) is 1. The van der Waals surface area contributed by atoms with Crippen LogP contribution in [0, 0.1) is 6.92 Å². The lowest BCUT2D eigenvalue weighted by Crippen LogP contribution is -2.13. The van der Waals surface area contributed by atoms with Gasteiger partial charge in [0.25, 0.3) is 0 Å². The lowest BCUT2D eigenvalue weighted by atomic mass is 10.2. The molecule has 0 aliphatic heterocycles. The first-order valence-corrected chi connectivity index (χ1v) is 6.80. The van der Waals surface area contributed by atoms with Gasteiger partial charge in [-0.1, -0.05) is 22.0 Å². The van der Waals surface area contributed by atoms with Gasteiger partial charge < -0.3 is 10.1 Å². The number of hydrogen-bond acceptors (Lipinski definition) is 7. The van der Waals surface area contributed by atoms with Gasteiger partial charge in [-0.05, 0) is 31.5 Å². The summed E-state index contributed by atoms with van der Waals surface area (Å²) in [5, 5.41) is 3.08. The second-order valence-electron chi connectivity index (χ2n) is 3.93. The Balaban J connectivity index is 2.27. The SMILES string of the molecule is CCOc1nc(NN)nc(Nc2ccc(C)c(Br)c2)n1. The van der Waals surface area contributed by atoms with Gasteiger partial charge in [0.1, 0.15) is 0 Å². The monoisotopic (exact) mass is 338 g/mol. The minimum Gasteiger partial charge on any atom is -0.464 e. The highest BCUT2D eigenvalue weighted by atomic mass is 79.9. The number of nitrogens with zero attached hydrogens (tertiary/aromatic N) is 3. The number of rotatable bonds is 5. The molecule has 0 aliphatic carbocycles. The van der Waals surface area contributed by atoms with E-state index in [9.17, 15) is 0 Å². The Morgan fingerprint density at radius 1 is 1.25 bits per heavy atom. The Kier molecular flexibility index (Phi) is 4.70. The Labute approximate surface area is 125 Å². The van der Waals surface area contributed by atoms with Crippen LogP contribution in [0.4, 0.5) is 17.6 Å². The molecule has 2 aromatic rings. The minimum atomic E-state index is 0.212. The normalized spacial score (nSPS) is 10.2. The van der Waals surface area contributed by atoms with Gasteiger partial charge in [-0.3, -0.25) is 5.43 Å². The van der Waals surface area contributed by atoms with E-state index >= 15 is 0 Å². The van der Waals surface area contributed by atoms with Crippen molar-refractivity contribution >= 4 is 33.5 Å². The van der Waals surface area contributed by atoms with Gasteiger partial charge in [0, 0.05) is 10.2 Å². The summed E-state index contributed by atoms with van der Waals surface area (Å²) in [5.74, 6) is 5.91. The number of hydrazine groups is 1. The topological polar surface area (TPSA) is 98.0 Å². The van der Waals surface area contributed by atoms with Crippen molar-refractivity contribution in [3.63, 3.8) is 0 Å². The van der Waals surface area contributed by atoms with E-state index in [2.05, 4.69) is 41.6 Å². The summed E-state index contributed by atoms with van der Waals surface area (Å²) in [6, 6.07) is 6.07. The molecule has 1 aromatic carbocycles. The largest absolute Gasteiger partial charge is 0.464 e. The molecule has 8 heteroatoms. The number of aryl methyl sites for hydroxylation is 1. The predicted octanol–water partition coefficient (Wildman–Crippen LogP) is 2.37. The molecule has 2 rings (SSSR count). The summed E-state index contributed by atoms with van der Waals surface area (Å²) < 4.78 is 6.26. The molecule has 0 unspecified atom stereocenters. The highest BCUT2D eigenvalue weighted by molar-refractivity contribution is 9.10. The predicted molar refractivity (Wildman–Crippen MR) is 81.0 cm³/mol. The van der Waals surface area contributed by atoms with Gasteiger partial charge >= 0.3 is 6.01 Å². The molecule has 7 nitrogen and oxygen atoms in total. The fourth-order valence-electron chi connectivity index (χ4n) is 1.47. The van der Waals surface area contributed by atoms with E-state index < -0.39 is 0 Å². The van der Waals surface area contributed by atoms with Crippen LogP contribution in [0.5, 0.6) is 6.01 Å². The van der Waals surface area contributed by atoms with Crippen molar-refractivity contribution < 1.29 is 4.74 Å². The van der Waals surface area contributed by atoms with Crippen LogP contribution in [-0.2, 0) is 0 Å². The molecular formula is C12H15BrN6O. The van der Waals surface area contributed by atoms with Crippen molar-refractivity contribution in [2.24, 2.45) is 5.84 Å². The van der Waals surface area contributed by atoms with Crippen molar-refractivity contribution in [3.8, 4) is 6.01 Å². The summed E-state index contributed by atoms with van der Waals surface area (Å²) >= 11 is 3.48. The van der Waals surface area contributed by atoms with Crippen LogP contribution in [0.25, 0.3) is 0 Å². The van der Waals surface area contributed by atoms with E-state index in [1.807, 2.05) is 32.0 Å². The first kappa shape index (κ1) is 14.5. The van der Waals surface area contributed by atoms with Crippen molar-refractivity contribution in [3.05, 3.63) is 28.2 Å². The third-order valence-corrected chi connectivity index (χ3v) is 3.30. The maximum atomic E-state index is 5.33. The van der Waals surface area contributed by atoms with Crippen molar-refractivity contribution in [2.45, 2.75) is 13.8 Å². The molecule has 1 aromatic heterocycles. The number of nitrogens with one attached hydrogen (secondary N) is 2. The highest BCUT2D eigenvalue weighted by Gasteiger charge is 2.07. The number of benzene rings is 1. The molecule has 0 amide bonds. The zero-order valence-corrected chi connectivity index (χ0v) is 12.7. The van der Waals surface area contributed by atoms with Crippen molar-refractivity contribution in [2.75, 3.05) is 17.3 Å². The van der Waals surface area contributed by atoms with Crippen LogP contribution in [0.1, 0.15) is 12.5 Å². The molecule has 106 valence electrons. The van der Waals surface area contributed by atoms with E-state index in [1.165, 1.54) is 0 Å². The van der Waals surface area contributed by atoms with E-state index in [4.69, 9.17) is 10.6 Å². The van der Waals surface area contributed by atoms with Crippen LogP contribution in [-0.4, -0.2) is 21.6 Å². The Bertz CT molecular complexity index is 606. The number of nitrogen functional groups attached to an aromatic ring is 1. The average molecular weight is 339 g/mol. The van der Waals surface area contributed by atoms with E-state index in [1.54, 1.807) is 0 Å². The number of hydrogen-bond donors (Lipinski definition) is 3. The summed E-state index contributed by atoms with van der Waals surface area (Å²) in [7, 11) is 0. The molecule has 20 heavy (non-hydrogen) atoms. The summed E-state index contributed by atoms with van der Waals surface area (Å²) in [4.78, 5) is 12.3. The minimum absolute atomic E-state index is 0.212. The fourth-order valence-corrected chi connectivity index (χ4v) is 1.85. The van der Waals surface area contributed by atoms with Gasteiger partial charge in [0.05, 0.1) is 6.61 Å². The zero-order chi connectivity index (χ0) is 14.5. The molecule has 0 spiro atoms. The lowest BCUT2D eigenvalue weighted by Gasteiger charge is -2.09. The first-order chi connectivity index (χ1) is 9.62. The van der Waals surface area contributed by atoms with Crippen LogP contribution < -0.4 is 21.3 Å². The molecule has 0 atom stereocenters. The maximum absolute atomic E-state index is 5.33. The van der Waals surface area contributed by atoms with E-state index in [-0.39, 0.29) is 12.0 Å². The third-order valence-electron chi connectivity index (χ3n) is 2.45. The van der Waals surface area contributed by atoms with Gasteiger partial charge in [0.2, 0.25) is 11.9 Å². The van der Waals surface area contributed by atoms with E-state index in [0.717, 1.165) is 15.7 Å². The lowest BCUT2D eigenvalue weighted by molar-refractivity contribution is 0.312. The fraction of sp³-hybridized carbons (Fsp3) is 0.250. The molecule has 0 aliphatic rings. The molecule has 4 N–H and O–H groups in total. The number of halogens is 1. The second kappa shape index (κ2) is 6.49. The van der Waals surface area contributed by atoms with Crippen molar-refractivity contribution in [1.82, 2.24) is 15.0 Å². The van der Waals surface area contributed by atoms with Crippen LogP contribution in [0.3, 0.4) is 0 Å². The summed E-state index contributed by atoms with van der Waals surface area (Å²) in [6.45, 7) is 4.33. The van der Waals surface area contributed by atoms with Gasteiger partial charge in [-0.25, -0.2) is 5.84 Å². The molecular weight excluding hydrogens is 324 g/mol. The number of anilines is 3. The van der Waals surface area contributed by atoms with E-state index in [0.29, 0.717) is 12.6 Å². The zero-order valence-electron chi connectivity index (χ0n) is 11.1. The molecule has 0 saturated heterocycles. The Morgan fingerprint density at radius 2 is 2.00 bits per heavy atom. The van der Waals surface area contributed by atoms with Gasteiger partial charge in [0.15, 0.2) is 0 Å². The standard InChI is InChI=1S/C12H15BrN6O/c1-3-20-12-17-10(16-11(18-12)19-14)15-8-5-4-7(2)9(13)6-8/h4-6H,3,14H2,1-2H3,(H2,15,16,17,18,19).